The van der Waals surface area contributed by atoms with Crippen molar-refractivity contribution in [1.29, 1.82) is 0 Å². The van der Waals surface area contributed by atoms with Gasteiger partial charge in [0.1, 0.15) is 24.2 Å². The number of nitrogens with zero attached hydrogens (tertiary/aromatic N) is 1. The third-order valence-corrected chi connectivity index (χ3v) is 4.96. The standard InChI is InChI=1S/C19H31N7O7/c1-3-9(2)15(19(32)33)26-18(31)13(5-14(21)28)25-17(30)12(4-10-6-22-8-23-10)24-16(29)11(20)7-27/h6,8-9,11-13,15,27H,3-5,7,20H2,1-2H3,(H2,21,28)(H,22,23)(H,24,29)(H,25,30)(H,26,31)(H,32,33). The van der Waals surface area contributed by atoms with E-state index in [1.807, 2.05) is 0 Å². The summed E-state index contributed by atoms with van der Waals surface area (Å²) in [4.78, 5) is 67.3. The summed E-state index contributed by atoms with van der Waals surface area (Å²) in [6, 6.07) is -5.30. The number of rotatable bonds is 14. The summed E-state index contributed by atoms with van der Waals surface area (Å²) in [6.07, 6.45) is 2.54. The number of carboxylic acids is 1. The molecular formula is C19H31N7O7. The van der Waals surface area contributed by atoms with Crippen molar-refractivity contribution in [2.24, 2.45) is 17.4 Å². The fourth-order valence-corrected chi connectivity index (χ4v) is 2.81. The van der Waals surface area contributed by atoms with Gasteiger partial charge in [0.2, 0.25) is 23.6 Å². The number of aromatic amines is 1. The maximum absolute atomic E-state index is 12.9. The smallest absolute Gasteiger partial charge is 0.326 e. The zero-order valence-electron chi connectivity index (χ0n) is 18.4. The number of imidazole rings is 1. The first kappa shape index (κ1) is 27.5. The minimum Gasteiger partial charge on any atom is -0.480 e. The molecule has 184 valence electrons. The van der Waals surface area contributed by atoms with Crippen molar-refractivity contribution in [3.63, 3.8) is 0 Å². The van der Waals surface area contributed by atoms with Gasteiger partial charge in [0.05, 0.1) is 19.4 Å². The third-order valence-electron chi connectivity index (χ3n) is 4.96. The summed E-state index contributed by atoms with van der Waals surface area (Å²) >= 11 is 0. The van der Waals surface area contributed by atoms with Crippen LogP contribution in [0, 0.1) is 5.92 Å². The second-order valence-electron chi connectivity index (χ2n) is 7.57. The Bertz CT molecular complexity index is 830. The number of aliphatic carboxylic acids is 1. The minimum absolute atomic E-state index is 0.0781. The van der Waals surface area contributed by atoms with Gasteiger partial charge in [0, 0.05) is 18.3 Å². The molecule has 1 aromatic rings. The summed E-state index contributed by atoms with van der Waals surface area (Å²) in [5.74, 6) is -5.22. The Morgan fingerprint density at radius 2 is 1.70 bits per heavy atom. The van der Waals surface area contributed by atoms with E-state index in [-0.39, 0.29) is 6.42 Å². The SMILES string of the molecule is CCC(C)C(NC(=O)C(CC(N)=O)NC(=O)C(Cc1cnc[nH]1)NC(=O)C(N)CO)C(=O)O. The highest BCUT2D eigenvalue weighted by Gasteiger charge is 2.32. The Morgan fingerprint density at radius 1 is 1.09 bits per heavy atom. The highest BCUT2D eigenvalue weighted by molar-refractivity contribution is 5.96. The predicted molar refractivity (Wildman–Crippen MR) is 114 cm³/mol. The van der Waals surface area contributed by atoms with Crippen LogP contribution in [0.15, 0.2) is 12.5 Å². The van der Waals surface area contributed by atoms with Gasteiger partial charge in [-0.15, -0.1) is 0 Å². The van der Waals surface area contributed by atoms with E-state index in [0.29, 0.717) is 12.1 Å². The van der Waals surface area contributed by atoms with Crippen molar-refractivity contribution in [3.8, 4) is 0 Å². The molecule has 0 saturated carbocycles. The van der Waals surface area contributed by atoms with Crippen molar-refractivity contribution >= 4 is 29.6 Å². The van der Waals surface area contributed by atoms with Crippen molar-refractivity contribution < 1.29 is 34.2 Å². The quantitative estimate of drug-likeness (QED) is 0.136. The van der Waals surface area contributed by atoms with E-state index in [2.05, 4.69) is 25.9 Å². The van der Waals surface area contributed by atoms with E-state index in [9.17, 15) is 29.1 Å². The number of amides is 4. The molecule has 0 radical (unpaired) electrons. The summed E-state index contributed by atoms with van der Waals surface area (Å²) in [5.41, 5.74) is 11.1. The van der Waals surface area contributed by atoms with E-state index in [0.717, 1.165) is 0 Å². The number of nitrogens with one attached hydrogen (secondary N) is 4. The van der Waals surface area contributed by atoms with Gasteiger partial charge in [-0.1, -0.05) is 20.3 Å². The van der Waals surface area contributed by atoms with Crippen LogP contribution in [0.1, 0.15) is 32.4 Å². The molecule has 14 heteroatoms. The number of aliphatic hydroxyl groups excluding tert-OH is 1. The fraction of sp³-hybridized carbons (Fsp3) is 0.579. The Balaban J connectivity index is 3.06. The van der Waals surface area contributed by atoms with E-state index < -0.39 is 72.7 Å². The van der Waals surface area contributed by atoms with Crippen LogP contribution in [0.3, 0.4) is 0 Å². The van der Waals surface area contributed by atoms with Gasteiger partial charge < -0.3 is 42.6 Å². The largest absolute Gasteiger partial charge is 0.480 e. The van der Waals surface area contributed by atoms with E-state index in [1.165, 1.54) is 12.5 Å². The highest BCUT2D eigenvalue weighted by Crippen LogP contribution is 2.09. The monoisotopic (exact) mass is 469 g/mol. The third kappa shape index (κ3) is 8.86. The summed E-state index contributed by atoms with van der Waals surface area (Å²) < 4.78 is 0. The van der Waals surface area contributed by atoms with Crippen LogP contribution >= 0.6 is 0 Å². The van der Waals surface area contributed by atoms with Crippen LogP contribution in [0.25, 0.3) is 0 Å². The average molecular weight is 469 g/mol. The molecule has 0 saturated heterocycles. The number of hydrogen-bond acceptors (Lipinski definition) is 8. The van der Waals surface area contributed by atoms with Crippen molar-refractivity contribution in [2.45, 2.75) is 57.3 Å². The van der Waals surface area contributed by atoms with Crippen LogP contribution in [0.2, 0.25) is 0 Å². The predicted octanol–water partition coefficient (Wildman–Crippen LogP) is -3.27. The molecule has 33 heavy (non-hydrogen) atoms. The molecule has 1 rings (SSSR count). The lowest BCUT2D eigenvalue weighted by Crippen LogP contribution is -2.59. The van der Waals surface area contributed by atoms with Gasteiger partial charge in [0.25, 0.3) is 0 Å². The Hall–Kier alpha value is -3.52. The first-order valence-electron chi connectivity index (χ1n) is 10.3. The number of H-pyrrole nitrogens is 1. The zero-order valence-corrected chi connectivity index (χ0v) is 18.4. The Morgan fingerprint density at radius 3 is 2.18 bits per heavy atom. The number of aliphatic hydroxyl groups is 1. The van der Waals surface area contributed by atoms with Crippen molar-refractivity contribution in [3.05, 3.63) is 18.2 Å². The molecule has 5 unspecified atom stereocenters. The molecule has 10 N–H and O–H groups in total. The molecular weight excluding hydrogens is 438 g/mol. The number of carboxylic acid groups (broad SMARTS) is 1. The molecule has 14 nitrogen and oxygen atoms in total. The summed E-state index contributed by atoms with van der Waals surface area (Å²) in [5, 5.41) is 25.5. The van der Waals surface area contributed by atoms with Crippen LogP contribution in [0.5, 0.6) is 0 Å². The summed E-state index contributed by atoms with van der Waals surface area (Å²) in [7, 11) is 0. The number of carbonyl (C=O) groups excluding carboxylic acids is 4. The fourth-order valence-electron chi connectivity index (χ4n) is 2.81. The lowest BCUT2D eigenvalue weighted by Gasteiger charge is -2.26. The molecule has 0 bridgehead atoms. The number of nitrogens with two attached hydrogens (primary N) is 2. The lowest BCUT2D eigenvalue weighted by atomic mass is 9.98. The van der Waals surface area contributed by atoms with E-state index in [1.54, 1.807) is 13.8 Å². The van der Waals surface area contributed by atoms with Crippen LogP contribution in [-0.2, 0) is 30.4 Å². The molecule has 0 fully saturated rings. The molecule has 0 aliphatic rings. The number of aromatic nitrogens is 2. The highest BCUT2D eigenvalue weighted by atomic mass is 16.4. The lowest BCUT2D eigenvalue weighted by molar-refractivity contribution is -0.144. The molecule has 0 aromatic carbocycles. The molecule has 0 spiro atoms. The van der Waals surface area contributed by atoms with Gasteiger partial charge >= 0.3 is 5.97 Å². The summed E-state index contributed by atoms with van der Waals surface area (Å²) in [6.45, 7) is 2.71. The topological polar surface area (TPSA) is 243 Å². The molecule has 1 heterocycles. The second-order valence-corrected chi connectivity index (χ2v) is 7.57. The minimum atomic E-state index is -1.49. The first-order valence-corrected chi connectivity index (χ1v) is 10.3. The first-order chi connectivity index (χ1) is 15.5. The average Bonchev–Trinajstić information content (AvgIpc) is 3.27. The second kappa shape index (κ2) is 13.1. The van der Waals surface area contributed by atoms with Crippen LogP contribution in [-0.4, -0.2) is 80.6 Å². The molecule has 0 aliphatic heterocycles. The number of primary amides is 1. The van der Waals surface area contributed by atoms with E-state index in [4.69, 9.17) is 16.6 Å². The van der Waals surface area contributed by atoms with Gasteiger partial charge in [-0.3, -0.25) is 19.2 Å². The van der Waals surface area contributed by atoms with Crippen LogP contribution < -0.4 is 27.4 Å². The Kier molecular flexibility index (Phi) is 10.9. The van der Waals surface area contributed by atoms with Crippen molar-refractivity contribution in [2.75, 3.05) is 6.61 Å². The van der Waals surface area contributed by atoms with Gasteiger partial charge in [-0.05, 0) is 5.92 Å². The van der Waals surface area contributed by atoms with Crippen molar-refractivity contribution in [1.82, 2.24) is 25.9 Å². The molecule has 5 atom stereocenters. The maximum Gasteiger partial charge on any atom is 0.326 e. The Labute approximate surface area is 189 Å². The number of hydrogen-bond donors (Lipinski definition) is 8. The maximum atomic E-state index is 12.9. The molecule has 4 amide bonds. The normalized spacial score (nSPS) is 15.4. The van der Waals surface area contributed by atoms with Gasteiger partial charge in [-0.25, -0.2) is 9.78 Å². The van der Waals surface area contributed by atoms with Gasteiger partial charge in [0.15, 0.2) is 0 Å². The molecule has 1 aromatic heterocycles. The van der Waals surface area contributed by atoms with Crippen LogP contribution in [0.4, 0.5) is 0 Å². The number of carbonyl (C=O) groups is 5. The van der Waals surface area contributed by atoms with E-state index >= 15 is 0 Å². The zero-order chi connectivity index (χ0) is 25.1. The van der Waals surface area contributed by atoms with Gasteiger partial charge in [-0.2, -0.15) is 0 Å². The molecule has 0 aliphatic carbocycles.